The van der Waals surface area contributed by atoms with E-state index >= 15 is 0 Å². The second kappa shape index (κ2) is 8.79. The molecule has 2 aliphatic rings. The van der Waals surface area contributed by atoms with Gasteiger partial charge >= 0.3 is 6.18 Å². The zero-order valence-corrected chi connectivity index (χ0v) is 17.3. The zero-order chi connectivity index (χ0) is 21.2. The normalized spacial score (nSPS) is 19.6. The fourth-order valence-electron chi connectivity index (χ4n) is 3.73. The number of halogens is 4. The second-order valence-electron chi connectivity index (χ2n) is 7.43. The van der Waals surface area contributed by atoms with E-state index in [1.54, 1.807) is 12.3 Å². The van der Waals surface area contributed by atoms with E-state index in [9.17, 15) is 13.2 Å². The van der Waals surface area contributed by atoms with Crippen LogP contribution in [0.1, 0.15) is 32.3 Å². The molecule has 2 aliphatic heterocycles. The third-order valence-electron chi connectivity index (χ3n) is 5.38. The molecule has 0 unspecified atom stereocenters. The third kappa shape index (κ3) is 5.14. The number of ether oxygens (including phenoxy) is 1. The zero-order valence-electron chi connectivity index (χ0n) is 16.6. The van der Waals surface area contributed by atoms with Gasteiger partial charge in [0.2, 0.25) is 5.88 Å². The highest BCUT2D eigenvalue weighted by Gasteiger charge is 2.40. The first-order valence-corrected chi connectivity index (χ1v) is 9.97. The lowest BCUT2D eigenvalue weighted by molar-refractivity contribution is -0.185. The summed E-state index contributed by atoms with van der Waals surface area (Å²) in [6.45, 7) is 9.78. The molecule has 0 aliphatic carbocycles. The number of aromatic nitrogens is 1. The topological polar surface area (TPSA) is 37.4 Å². The number of dihydropyridines is 1. The Labute approximate surface area is 174 Å². The number of likely N-dealkylation sites (tertiary alicyclic amines) is 1. The van der Waals surface area contributed by atoms with Crippen molar-refractivity contribution in [1.29, 1.82) is 0 Å². The van der Waals surface area contributed by atoms with Crippen LogP contribution in [0.3, 0.4) is 0 Å². The Morgan fingerprint density at radius 1 is 1.24 bits per heavy atom. The Hall–Kier alpha value is -1.99. The lowest BCUT2D eigenvalue weighted by Crippen LogP contribution is -2.40. The molecule has 29 heavy (non-hydrogen) atoms. The molecule has 0 atom stereocenters. The fourth-order valence-corrected chi connectivity index (χ4v) is 3.87. The van der Waals surface area contributed by atoms with E-state index in [-0.39, 0.29) is 12.8 Å². The SMILES string of the molecule is C=C1C(Cl)=C(C)NC(C)=C1c1ccc(OCCN2CCC(C(F)(F)F)CC2)nc1. The Balaban J connectivity index is 1.51. The van der Waals surface area contributed by atoms with E-state index in [0.717, 1.165) is 28.1 Å². The van der Waals surface area contributed by atoms with Crippen LogP contribution in [0.2, 0.25) is 0 Å². The van der Waals surface area contributed by atoms with Crippen molar-refractivity contribution in [3.8, 4) is 5.88 Å². The van der Waals surface area contributed by atoms with Gasteiger partial charge in [-0.2, -0.15) is 13.2 Å². The monoisotopic (exact) mass is 427 g/mol. The second-order valence-corrected chi connectivity index (χ2v) is 7.81. The molecule has 0 aromatic carbocycles. The summed E-state index contributed by atoms with van der Waals surface area (Å²) in [5.41, 5.74) is 4.36. The lowest BCUT2D eigenvalue weighted by Gasteiger charge is -2.32. The fraction of sp³-hybridized carbons (Fsp3) is 0.476. The van der Waals surface area contributed by atoms with Crippen LogP contribution in [0.5, 0.6) is 5.88 Å². The van der Waals surface area contributed by atoms with Crippen LogP contribution in [0.15, 0.2) is 46.9 Å². The maximum atomic E-state index is 12.7. The number of hydrogen-bond acceptors (Lipinski definition) is 4. The molecule has 0 bridgehead atoms. The van der Waals surface area contributed by atoms with Crippen LogP contribution >= 0.6 is 11.6 Å². The van der Waals surface area contributed by atoms with Gasteiger partial charge in [0.05, 0.1) is 11.0 Å². The van der Waals surface area contributed by atoms with E-state index in [4.69, 9.17) is 16.3 Å². The van der Waals surface area contributed by atoms with Crippen LogP contribution < -0.4 is 10.1 Å². The number of pyridine rings is 1. The standard InChI is InChI=1S/C21H25ClF3N3O/c1-13-19(14(2)27-15(3)20(13)22)16-4-5-18(26-12-16)29-11-10-28-8-6-17(7-9-28)21(23,24)25/h4-5,12,17,27H,1,6-11H2,2-3H3. The molecule has 1 aromatic heterocycles. The first kappa shape index (κ1) is 21.7. The van der Waals surface area contributed by atoms with E-state index in [1.165, 1.54) is 0 Å². The van der Waals surface area contributed by atoms with Crippen molar-refractivity contribution >= 4 is 17.2 Å². The number of alkyl halides is 3. The van der Waals surface area contributed by atoms with E-state index in [0.29, 0.717) is 37.2 Å². The summed E-state index contributed by atoms with van der Waals surface area (Å²) in [7, 11) is 0. The Bertz CT molecular complexity index is 823. The Morgan fingerprint density at radius 3 is 2.52 bits per heavy atom. The molecule has 1 saturated heterocycles. The summed E-state index contributed by atoms with van der Waals surface area (Å²) in [5, 5.41) is 3.83. The van der Waals surface area contributed by atoms with Crippen molar-refractivity contribution in [2.45, 2.75) is 32.9 Å². The lowest BCUT2D eigenvalue weighted by atomic mass is 9.95. The first-order chi connectivity index (χ1) is 13.7. The van der Waals surface area contributed by atoms with Crippen molar-refractivity contribution in [1.82, 2.24) is 15.2 Å². The minimum Gasteiger partial charge on any atom is -0.476 e. The summed E-state index contributed by atoms with van der Waals surface area (Å²) in [6.07, 6.45) is -2.07. The molecule has 3 rings (SSSR count). The van der Waals surface area contributed by atoms with Gasteiger partial charge in [-0.05, 0) is 51.4 Å². The number of nitrogens with zero attached hydrogens (tertiary/aromatic N) is 2. The van der Waals surface area contributed by atoms with Gasteiger partial charge in [-0.25, -0.2) is 4.98 Å². The highest BCUT2D eigenvalue weighted by atomic mass is 35.5. The summed E-state index contributed by atoms with van der Waals surface area (Å²) in [4.78, 5) is 6.34. The van der Waals surface area contributed by atoms with Gasteiger partial charge < -0.3 is 10.1 Å². The molecule has 1 N–H and O–H groups in total. The highest BCUT2D eigenvalue weighted by Crippen LogP contribution is 2.36. The molecule has 1 aromatic rings. The molecule has 0 amide bonds. The molecular formula is C21H25ClF3N3O. The Morgan fingerprint density at radius 2 is 1.93 bits per heavy atom. The number of nitrogens with one attached hydrogen (secondary N) is 1. The van der Waals surface area contributed by atoms with Crippen molar-refractivity contribution < 1.29 is 17.9 Å². The summed E-state index contributed by atoms with van der Waals surface area (Å²) in [6, 6.07) is 3.67. The average Bonchev–Trinajstić information content (AvgIpc) is 2.67. The highest BCUT2D eigenvalue weighted by molar-refractivity contribution is 6.34. The maximum absolute atomic E-state index is 12.7. The summed E-state index contributed by atoms with van der Waals surface area (Å²) >= 11 is 6.31. The van der Waals surface area contributed by atoms with Gasteiger partial charge in [0.25, 0.3) is 0 Å². The number of rotatable bonds is 5. The van der Waals surface area contributed by atoms with Gasteiger partial charge in [0.1, 0.15) is 6.61 Å². The van der Waals surface area contributed by atoms with Gasteiger partial charge in [-0.15, -0.1) is 0 Å². The molecule has 0 radical (unpaired) electrons. The molecule has 1 fully saturated rings. The van der Waals surface area contributed by atoms with Gasteiger partial charge in [0, 0.05) is 41.3 Å². The van der Waals surface area contributed by atoms with Gasteiger partial charge in [0.15, 0.2) is 0 Å². The van der Waals surface area contributed by atoms with Crippen molar-refractivity contribution in [2.24, 2.45) is 5.92 Å². The third-order valence-corrected chi connectivity index (χ3v) is 5.89. The number of allylic oxidation sites excluding steroid dienone is 5. The molecule has 0 spiro atoms. The molecular weight excluding hydrogens is 403 g/mol. The molecule has 158 valence electrons. The molecule has 0 saturated carbocycles. The van der Waals surface area contributed by atoms with E-state index < -0.39 is 12.1 Å². The van der Waals surface area contributed by atoms with Gasteiger partial charge in [-0.1, -0.05) is 18.2 Å². The van der Waals surface area contributed by atoms with Crippen molar-refractivity contribution in [3.05, 3.63) is 52.5 Å². The van der Waals surface area contributed by atoms with Gasteiger partial charge in [-0.3, -0.25) is 4.90 Å². The molecule has 3 heterocycles. The summed E-state index contributed by atoms with van der Waals surface area (Å²) < 4.78 is 43.8. The predicted molar refractivity (Wildman–Crippen MR) is 108 cm³/mol. The quantitative estimate of drug-likeness (QED) is 0.709. The number of piperidine rings is 1. The van der Waals surface area contributed by atoms with Crippen LogP contribution in [-0.4, -0.2) is 42.3 Å². The van der Waals surface area contributed by atoms with Crippen molar-refractivity contribution in [2.75, 3.05) is 26.2 Å². The minimum absolute atomic E-state index is 0.152. The van der Waals surface area contributed by atoms with E-state index in [2.05, 4.69) is 16.9 Å². The predicted octanol–water partition coefficient (Wildman–Crippen LogP) is 5.10. The minimum atomic E-state index is -4.08. The molecule has 8 heteroatoms. The average molecular weight is 428 g/mol. The van der Waals surface area contributed by atoms with Crippen molar-refractivity contribution in [3.63, 3.8) is 0 Å². The first-order valence-electron chi connectivity index (χ1n) is 9.59. The largest absolute Gasteiger partial charge is 0.476 e. The van der Waals surface area contributed by atoms with Crippen LogP contribution in [0.25, 0.3) is 5.57 Å². The summed E-state index contributed by atoms with van der Waals surface area (Å²) in [5.74, 6) is -0.702. The van der Waals surface area contributed by atoms with Crippen LogP contribution in [-0.2, 0) is 0 Å². The molecule has 4 nitrogen and oxygen atoms in total. The maximum Gasteiger partial charge on any atom is 0.391 e. The smallest absolute Gasteiger partial charge is 0.391 e. The van der Waals surface area contributed by atoms with E-state index in [1.807, 2.05) is 24.8 Å². The van der Waals surface area contributed by atoms with Crippen LogP contribution in [0, 0.1) is 5.92 Å². The van der Waals surface area contributed by atoms with Crippen LogP contribution in [0.4, 0.5) is 13.2 Å². The Kier molecular flexibility index (Phi) is 6.58. The number of hydrogen-bond donors (Lipinski definition) is 1.